The van der Waals surface area contributed by atoms with Gasteiger partial charge in [0, 0.05) is 19.1 Å². The monoisotopic (exact) mass is 298 g/mol. The number of piperidine rings is 1. The maximum atomic E-state index is 12.2. The van der Waals surface area contributed by atoms with E-state index in [-0.39, 0.29) is 11.8 Å². The van der Waals surface area contributed by atoms with Crippen molar-refractivity contribution in [2.24, 2.45) is 11.1 Å². The summed E-state index contributed by atoms with van der Waals surface area (Å²) in [4.78, 5) is 2.40. The number of alkyl halides is 2. The lowest BCUT2D eigenvalue weighted by Gasteiger charge is -2.42. The summed E-state index contributed by atoms with van der Waals surface area (Å²) in [6.45, 7) is 4.30. The molecule has 1 heterocycles. The summed E-state index contributed by atoms with van der Waals surface area (Å²) < 4.78 is 28.7. The van der Waals surface area contributed by atoms with E-state index in [9.17, 15) is 8.78 Å². The molecule has 1 fully saturated rings. The fourth-order valence-corrected chi connectivity index (χ4v) is 3.10. The van der Waals surface area contributed by atoms with Gasteiger partial charge >= 0.3 is 6.61 Å². The number of ether oxygens (including phenoxy) is 1. The van der Waals surface area contributed by atoms with Crippen molar-refractivity contribution in [1.29, 1.82) is 0 Å². The first-order chi connectivity index (χ1) is 9.91. The number of rotatable bonds is 5. The molecule has 5 heteroatoms. The third kappa shape index (κ3) is 4.38. The van der Waals surface area contributed by atoms with Gasteiger partial charge in [-0.05, 0) is 42.5 Å². The number of benzene rings is 1. The molecule has 1 aliphatic heterocycles. The van der Waals surface area contributed by atoms with Crippen LogP contribution in [-0.4, -0.2) is 31.1 Å². The van der Waals surface area contributed by atoms with Crippen molar-refractivity contribution in [3.63, 3.8) is 0 Å². The molecule has 0 bridgehead atoms. The zero-order chi connectivity index (χ0) is 15.5. The Morgan fingerprint density at radius 2 is 1.95 bits per heavy atom. The first-order valence-electron chi connectivity index (χ1n) is 7.40. The number of hydrogen-bond acceptors (Lipinski definition) is 3. The Kier molecular flexibility index (Phi) is 5.17. The van der Waals surface area contributed by atoms with Gasteiger partial charge in [-0.2, -0.15) is 8.78 Å². The van der Waals surface area contributed by atoms with Crippen molar-refractivity contribution < 1.29 is 13.5 Å². The molecule has 0 amide bonds. The maximum absolute atomic E-state index is 12.2. The Morgan fingerprint density at radius 1 is 1.29 bits per heavy atom. The number of hydrogen-bond donors (Lipinski definition) is 1. The lowest BCUT2D eigenvalue weighted by atomic mass is 9.83. The summed E-state index contributed by atoms with van der Waals surface area (Å²) in [5.41, 5.74) is 7.30. The predicted molar refractivity (Wildman–Crippen MR) is 79.5 cm³/mol. The summed E-state index contributed by atoms with van der Waals surface area (Å²) in [6.07, 6.45) is 2.39. The van der Waals surface area contributed by atoms with E-state index in [4.69, 9.17) is 5.73 Å². The van der Waals surface area contributed by atoms with Crippen molar-refractivity contribution in [2.75, 3.05) is 19.6 Å². The molecule has 1 aliphatic rings. The van der Waals surface area contributed by atoms with Gasteiger partial charge < -0.3 is 10.5 Å². The highest BCUT2D eigenvalue weighted by atomic mass is 19.3. The van der Waals surface area contributed by atoms with Gasteiger partial charge in [0.15, 0.2) is 0 Å². The molecule has 2 N–H and O–H groups in total. The summed E-state index contributed by atoms with van der Waals surface area (Å²) in [7, 11) is 0. The van der Waals surface area contributed by atoms with Crippen LogP contribution in [0.4, 0.5) is 8.78 Å². The standard InChI is InChI=1S/C16H24F2N2O/c1-16(2)8-3-9-20(11-16)14(10-19)12-4-6-13(7-5-12)21-15(17)18/h4-7,14-15H,3,8-11,19H2,1-2H3. The van der Waals surface area contributed by atoms with Crippen LogP contribution in [0.3, 0.4) is 0 Å². The Hall–Kier alpha value is -1.20. The Labute approximate surface area is 125 Å². The lowest BCUT2D eigenvalue weighted by molar-refractivity contribution is -0.0498. The van der Waals surface area contributed by atoms with E-state index in [1.165, 1.54) is 6.42 Å². The smallest absolute Gasteiger partial charge is 0.387 e. The SMILES string of the molecule is CC1(C)CCCN(C(CN)c2ccc(OC(F)F)cc2)C1. The minimum Gasteiger partial charge on any atom is -0.435 e. The van der Waals surface area contributed by atoms with Crippen LogP contribution in [0, 0.1) is 5.41 Å². The number of likely N-dealkylation sites (tertiary alicyclic amines) is 1. The molecule has 118 valence electrons. The van der Waals surface area contributed by atoms with Crippen LogP contribution in [0.1, 0.15) is 38.3 Å². The van der Waals surface area contributed by atoms with Crippen molar-refractivity contribution in [3.05, 3.63) is 29.8 Å². The number of nitrogens with two attached hydrogens (primary N) is 1. The normalized spacial score (nSPS) is 20.5. The first-order valence-corrected chi connectivity index (χ1v) is 7.40. The van der Waals surface area contributed by atoms with Crippen molar-refractivity contribution in [2.45, 2.75) is 39.3 Å². The van der Waals surface area contributed by atoms with Crippen LogP contribution >= 0.6 is 0 Å². The molecule has 1 aromatic carbocycles. The average Bonchev–Trinajstić information content (AvgIpc) is 2.40. The molecule has 21 heavy (non-hydrogen) atoms. The molecule has 0 aromatic heterocycles. The summed E-state index contributed by atoms with van der Waals surface area (Å²) in [5.74, 6) is 0.184. The van der Waals surface area contributed by atoms with Gasteiger partial charge in [-0.1, -0.05) is 26.0 Å². The van der Waals surface area contributed by atoms with E-state index in [2.05, 4.69) is 23.5 Å². The number of halogens is 2. The predicted octanol–water partition coefficient (Wildman–Crippen LogP) is 3.41. The highest BCUT2D eigenvalue weighted by molar-refractivity contribution is 5.29. The molecule has 0 aliphatic carbocycles. The summed E-state index contributed by atoms with van der Waals surface area (Å²) in [6, 6.07) is 6.96. The lowest BCUT2D eigenvalue weighted by Crippen LogP contribution is -2.44. The van der Waals surface area contributed by atoms with Crippen LogP contribution < -0.4 is 10.5 Å². The number of nitrogens with zero attached hydrogens (tertiary/aromatic N) is 1. The van der Waals surface area contributed by atoms with Gasteiger partial charge in [-0.3, -0.25) is 4.90 Å². The van der Waals surface area contributed by atoms with Gasteiger partial charge in [0.25, 0.3) is 0 Å². The Morgan fingerprint density at radius 3 is 2.48 bits per heavy atom. The summed E-state index contributed by atoms with van der Waals surface area (Å²) in [5, 5.41) is 0. The molecule has 3 nitrogen and oxygen atoms in total. The Balaban J connectivity index is 2.10. The molecule has 1 unspecified atom stereocenters. The topological polar surface area (TPSA) is 38.5 Å². The van der Waals surface area contributed by atoms with Gasteiger partial charge in [0.05, 0.1) is 0 Å². The largest absolute Gasteiger partial charge is 0.435 e. The Bertz CT molecular complexity index is 448. The van der Waals surface area contributed by atoms with Gasteiger partial charge in [-0.25, -0.2) is 0 Å². The molecule has 2 rings (SSSR count). The second-order valence-electron chi connectivity index (χ2n) is 6.44. The molecule has 0 radical (unpaired) electrons. The van der Waals surface area contributed by atoms with Crippen molar-refractivity contribution >= 4 is 0 Å². The third-order valence-electron chi connectivity index (χ3n) is 4.08. The zero-order valence-electron chi connectivity index (χ0n) is 12.7. The molecule has 0 saturated carbocycles. The third-order valence-corrected chi connectivity index (χ3v) is 4.08. The van der Waals surface area contributed by atoms with Crippen LogP contribution in [0.2, 0.25) is 0 Å². The van der Waals surface area contributed by atoms with E-state index < -0.39 is 6.61 Å². The van der Waals surface area contributed by atoms with Crippen LogP contribution in [0.5, 0.6) is 5.75 Å². The van der Waals surface area contributed by atoms with Crippen LogP contribution in [-0.2, 0) is 0 Å². The summed E-state index contributed by atoms with van der Waals surface area (Å²) >= 11 is 0. The fourth-order valence-electron chi connectivity index (χ4n) is 3.10. The van der Waals surface area contributed by atoms with E-state index in [1.54, 1.807) is 12.1 Å². The molecule has 0 spiro atoms. The first kappa shape index (κ1) is 16.2. The van der Waals surface area contributed by atoms with E-state index in [0.29, 0.717) is 12.0 Å². The molecule has 1 saturated heterocycles. The van der Waals surface area contributed by atoms with Gasteiger partial charge in [0.2, 0.25) is 0 Å². The van der Waals surface area contributed by atoms with Crippen LogP contribution in [0.25, 0.3) is 0 Å². The minimum absolute atomic E-state index is 0.130. The highest BCUT2D eigenvalue weighted by Crippen LogP contribution is 2.33. The van der Waals surface area contributed by atoms with Crippen molar-refractivity contribution in [1.82, 2.24) is 4.90 Å². The zero-order valence-corrected chi connectivity index (χ0v) is 12.7. The fraction of sp³-hybridized carbons (Fsp3) is 0.625. The highest BCUT2D eigenvalue weighted by Gasteiger charge is 2.30. The molecular weight excluding hydrogens is 274 g/mol. The van der Waals surface area contributed by atoms with Gasteiger partial charge in [0.1, 0.15) is 5.75 Å². The maximum Gasteiger partial charge on any atom is 0.387 e. The molecule has 1 atom stereocenters. The van der Waals surface area contributed by atoms with Gasteiger partial charge in [-0.15, -0.1) is 0 Å². The van der Waals surface area contributed by atoms with Crippen LogP contribution in [0.15, 0.2) is 24.3 Å². The van der Waals surface area contributed by atoms with E-state index in [0.717, 1.165) is 25.1 Å². The minimum atomic E-state index is -2.79. The molecule has 1 aromatic rings. The quantitative estimate of drug-likeness (QED) is 0.905. The molecular formula is C16H24F2N2O. The van der Waals surface area contributed by atoms with E-state index in [1.807, 2.05) is 12.1 Å². The second-order valence-corrected chi connectivity index (χ2v) is 6.44. The van der Waals surface area contributed by atoms with E-state index >= 15 is 0 Å². The second kappa shape index (κ2) is 6.71. The van der Waals surface area contributed by atoms with Crippen molar-refractivity contribution in [3.8, 4) is 5.75 Å². The average molecular weight is 298 g/mol.